The summed E-state index contributed by atoms with van der Waals surface area (Å²) in [6, 6.07) is 7.30. The first kappa shape index (κ1) is 8.25. The number of rotatable bonds is 1. The summed E-state index contributed by atoms with van der Waals surface area (Å²) < 4.78 is -0.239. The van der Waals surface area contributed by atoms with Gasteiger partial charge in [0.1, 0.15) is 4.71 Å². The summed E-state index contributed by atoms with van der Waals surface area (Å²) in [5, 5.41) is 0.717. The van der Waals surface area contributed by atoms with Gasteiger partial charge in [-0.3, -0.25) is 0 Å². The summed E-state index contributed by atoms with van der Waals surface area (Å²) >= 11 is 15.4. The fourth-order valence-electron chi connectivity index (χ4n) is 0.622. The molecule has 0 amide bonds. The summed E-state index contributed by atoms with van der Waals surface area (Å²) in [5.41, 5.74) is 0.967. The predicted molar refractivity (Wildman–Crippen MR) is 49.0 cm³/mol. The van der Waals surface area contributed by atoms with Crippen LogP contribution >= 0.6 is 35.8 Å². The second kappa shape index (κ2) is 3.51. The van der Waals surface area contributed by atoms with Crippen LogP contribution in [0.5, 0.6) is 0 Å². The van der Waals surface area contributed by atoms with E-state index in [0.717, 1.165) is 10.6 Å². The molecule has 1 aromatic rings. The van der Waals surface area contributed by atoms with Crippen molar-refractivity contribution in [3.63, 3.8) is 0 Å². The minimum atomic E-state index is -0.239. The molecule has 0 fully saturated rings. The van der Waals surface area contributed by atoms with Crippen LogP contribution in [-0.2, 0) is 0 Å². The van der Waals surface area contributed by atoms with Gasteiger partial charge in [0.05, 0.1) is 0 Å². The molecule has 0 radical (unpaired) electrons. The normalized spacial score (nSPS) is 13.1. The Balaban J connectivity index is 2.89. The number of hydrogen-bond donors (Lipinski definition) is 1. The second-order valence-electron chi connectivity index (χ2n) is 1.89. The lowest BCUT2D eigenvalue weighted by molar-refractivity contribution is 1.38. The van der Waals surface area contributed by atoms with Crippen LogP contribution in [-0.4, -0.2) is 0 Å². The van der Waals surface area contributed by atoms with Crippen LogP contribution in [0.3, 0.4) is 0 Å². The van der Waals surface area contributed by atoms with Gasteiger partial charge in [-0.15, -0.1) is 11.6 Å². The van der Waals surface area contributed by atoms with Crippen molar-refractivity contribution in [2.45, 2.75) is 4.71 Å². The van der Waals surface area contributed by atoms with Gasteiger partial charge < -0.3 is 0 Å². The van der Waals surface area contributed by atoms with E-state index in [4.69, 9.17) is 23.2 Å². The van der Waals surface area contributed by atoms with Gasteiger partial charge in [-0.05, 0) is 17.7 Å². The molecular weight excluding hydrogens is 187 g/mol. The Labute approximate surface area is 75.6 Å². The van der Waals surface area contributed by atoms with Gasteiger partial charge >= 0.3 is 0 Å². The maximum atomic E-state index is 5.68. The third-order valence-electron chi connectivity index (χ3n) is 1.15. The van der Waals surface area contributed by atoms with Crippen molar-refractivity contribution in [1.82, 2.24) is 0 Å². The molecular formula is C7H6Cl2S. The average molecular weight is 193 g/mol. The number of thiol groups is 1. The third kappa shape index (κ3) is 2.08. The van der Waals surface area contributed by atoms with E-state index in [1.54, 1.807) is 12.1 Å². The maximum Gasteiger partial charge on any atom is 0.101 e. The standard InChI is InChI=1S/C7H6Cl2S/c8-6-3-1-5(2-4-6)7(9)10/h1-4,7,10H. The molecule has 0 aromatic heterocycles. The zero-order valence-electron chi connectivity index (χ0n) is 5.09. The van der Waals surface area contributed by atoms with Crippen molar-refractivity contribution >= 4 is 35.8 Å². The molecule has 0 aliphatic carbocycles. The number of hydrogen-bond acceptors (Lipinski definition) is 1. The Bertz CT molecular complexity index is 205. The fourth-order valence-corrected chi connectivity index (χ4v) is 1.07. The van der Waals surface area contributed by atoms with Gasteiger partial charge in [-0.1, -0.05) is 23.7 Å². The van der Waals surface area contributed by atoms with Crippen molar-refractivity contribution in [3.8, 4) is 0 Å². The highest BCUT2D eigenvalue weighted by molar-refractivity contribution is 7.81. The van der Waals surface area contributed by atoms with E-state index in [9.17, 15) is 0 Å². The second-order valence-corrected chi connectivity index (χ2v) is 3.58. The number of halogens is 2. The van der Waals surface area contributed by atoms with Crippen molar-refractivity contribution in [1.29, 1.82) is 0 Å². The molecule has 0 saturated heterocycles. The number of alkyl halides is 1. The molecule has 1 aromatic carbocycles. The fraction of sp³-hybridized carbons (Fsp3) is 0.143. The summed E-state index contributed by atoms with van der Waals surface area (Å²) in [5.74, 6) is 0. The smallest absolute Gasteiger partial charge is 0.101 e. The SMILES string of the molecule is SC(Cl)c1ccc(Cl)cc1. The van der Waals surface area contributed by atoms with Gasteiger partial charge in [0, 0.05) is 5.02 Å². The van der Waals surface area contributed by atoms with Crippen molar-refractivity contribution < 1.29 is 0 Å². The zero-order valence-corrected chi connectivity index (χ0v) is 7.50. The monoisotopic (exact) mass is 192 g/mol. The highest BCUT2D eigenvalue weighted by Crippen LogP contribution is 2.24. The molecule has 0 aliphatic heterocycles. The summed E-state index contributed by atoms with van der Waals surface area (Å²) in [4.78, 5) is 0. The topological polar surface area (TPSA) is 0 Å². The van der Waals surface area contributed by atoms with E-state index >= 15 is 0 Å². The van der Waals surface area contributed by atoms with Crippen LogP contribution in [0.4, 0.5) is 0 Å². The minimum absolute atomic E-state index is 0.239. The largest absolute Gasteiger partial charge is 0.155 e. The third-order valence-corrected chi connectivity index (χ3v) is 1.95. The van der Waals surface area contributed by atoms with Gasteiger partial charge in [-0.2, -0.15) is 12.6 Å². The molecule has 0 aliphatic rings. The average Bonchev–Trinajstić information content (AvgIpc) is 1.88. The first-order valence-electron chi connectivity index (χ1n) is 2.78. The molecule has 3 heteroatoms. The first-order valence-corrected chi connectivity index (χ1v) is 4.11. The molecule has 0 spiro atoms. The minimum Gasteiger partial charge on any atom is -0.155 e. The van der Waals surface area contributed by atoms with E-state index in [2.05, 4.69) is 12.6 Å². The Morgan fingerprint density at radius 2 is 1.70 bits per heavy atom. The lowest BCUT2D eigenvalue weighted by Crippen LogP contribution is -1.78. The van der Waals surface area contributed by atoms with E-state index in [-0.39, 0.29) is 4.71 Å². The molecule has 10 heavy (non-hydrogen) atoms. The van der Waals surface area contributed by atoms with Crippen LogP contribution in [0.1, 0.15) is 10.3 Å². The molecule has 0 N–H and O–H groups in total. The highest BCUT2D eigenvalue weighted by Gasteiger charge is 1.99. The van der Waals surface area contributed by atoms with Crippen LogP contribution in [0, 0.1) is 0 Å². The predicted octanol–water partition coefficient (Wildman–Crippen LogP) is 3.51. The van der Waals surface area contributed by atoms with E-state index in [1.807, 2.05) is 12.1 Å². The zero-order chi connectivity index (χ0) is 7.56. The van der Waals surface area contributed by atoms with E-state index < -0.39 is 0 Å². The highest BCUT2D eigenvalue weighted by atomic mass is 35.5. The molecule has 0 saturated carbocycles. The van der Waals surface area contributed by atoms with E-state index in [1.165, 1.54) is 0 Å². The lowest BCUT2D eigenvalue weighted by atomic mass is 10.2. The Hall–Kier alpha value is 0.150. The first-order chi connectivity index (χ1) is 4.70. The summed E-state index contributed by atoms with van der Waals surface area (Å²) in [6.07, 6.45) is 0. The van der Waals surface area contributed by atoms with Crippen LogP contribution in [0.25, 0.3) is 0 Å². The van der Waals surface area contributed by atoms with Gasteiger partial charge in [-0.25, -0.2) is 0 Å². The lowest BCUT2D eigenvalue weighted by Gasteiger charge is -2.00. The molecule has 1 unspecified atom stereocenters. The Morgan fingerprint density at radius 1 is 1.20 bits per heavy atom. The van der Waals surface area contributed by atoms with E-state index in [0.29, 0.717) is 0 Å². The maximum absolute atomic E-state index is 5.68. The van der Waals surface area contributed by atoms with Gasteiger partial charge in [0.15, 0.2) is 0 Å². The molecule has 0 bridgehead atoms. The molecule has 54 valence electrons. The van der Waals surface area contributed by atoms with Gasteiger partial charge in [0.25, 0.3) is 0 Å². The van der Waals surface area contributed by atoms with Crippen molar-refractivity contribution in [2.75, 3.05) is 0 Å². The molecule has 0 heterocycles. The Morgan fingerprint density at radius 3 is 2.10 bits per heavy atom. The molecule has 0 nitrogen and oxygen atoms in total. The molecule has 1 atom stereocenters. The quantitative estimate of drug-likeness (QED) is 0.512. The van der Waals surface area contributed by atoms with Gasteiger partial charge in [0.2, 0.25) is 0 Å². The van der Waals surface area contributed by atoms with Crippen molar-refractivity contribution in [3.05, 3.63) is 34.9 Å². The number of benzene rings is 1. The Kier molecular flexibility index (Phi) is 2.90. The van der Waals surface area contributed by atoms with Crippen LogP contribution < -0.4 is 0 Å². The molecule has 1 rings (SSSR count). The van der Waals surface area contributed by atoms with Crippen molar-refractivity contribution in [2.24, 2.45) is 0 Å². The van der Waals surface area contributed by atoms with Crippen LogP contribution in [0.15, 0.2) is 24.3 Å². The summed E-state index contributed by atoms with van der Waals surface area (Å²) in [7, 11) is 0. The van der Waals surface area contributed by atoms with Crippen LogP contribution in [0.2, 0.25) is 5.02 Å². The summed E-state index contributed by atoms with van der Waals surface area (Å²) in [6.45, 7) is 0.